The zero-order valence-electron chi connectivity index (χ0n) is 10.1. The second-order valence-corrected chi connectivity index (χ2v) is 4.48. The van der Waals surface area contributed by atoms with Crippen molar-refractivity contribution in [2.24, 2.45) is 0 Å². The lowest BCUT2D eigenvalue weighted by atomic mass is 9.93. The Kier molecular flexibility index (Phi) is 3.28. The molecular formula is C14H16N2O2. The predicted octanol–water partition coefficient (Wildman–Crippen LogP) is 2.33. The van der Waals surface area contributed by atoms with Crippen LogP contribution in [-0.2, 0) is 6.54 Å². The van der Waals surface area contributed by atoms with Crippen molar-refractivity contribution in [3.63, 3.8) is 0 Å². The van der Waals surface area contributed by atoms with Gasteiger partial charge in [-0.15, -0.1) is 0 Å². The van der Waals surface area contributed by atoms with Gasteiger partial charge in [-0.05, 0) is 18.1 Å². The molecule has 0 amide bonds. The van der Waals surface area contributed by atoms with Crippen molar-refractivity contribution in [2.75, 3.05) is 13.2 Å². The largest absolute Gasteiger partial charge is 0.493 e. The third-order valence-corrected chi connectivity index (χ3v) is 3.26. The first-order valence-corrected chi connectivity index (χ1v) is 6.25. The number of nitrogens with zero attached hydrogens (tertiary/aromatic N) is 1. The average Bonchev–Trinajstić information content (AvgIpc) is 2.92. The first kappa shape index (κ1) is 11.3. The molecule has 1 aliphatic heterocycles. The third kappa shape index (κ3) is 2.38. The minimum atomic E-state index is 0.512. The quantitative estimate of drug-likeness (QED) is 0.896. The molecular weight excluding hydrogens is 228 g/mol. The van der Waals surface area contributed by atoms with Crippen molar-refractivity contribution in [1.82, 2.24) is 10.5 Å². The number of benzene rings is 1. The molecule has 4 nitrogen and oxygen atoms in total. The molecule has 0 fully saturated rings. The SMILES string of the molecule is c1ccc2c(c1)OCCC2CNCc1ccno1. The van der Waals surface area contributed by atoms with Crippen LogP contribution in [-0.4, -0.2) is 18.3 Å². The van der Waals surface area contributed by atoms with Crippen molar-refractivity contribution in [3.8, 4) is 5.75 Å². The highest BCUT2D eigenvalue weighted by atomic mass is 16.5. The monoisotopic (exact) mass is 244 g/mol. The summed E-state index contributed by atoms with van der Waals surface area (Å²) in [6.45, 7) is 2.45. The van der Waals surface area contributed by atoms with E-state index in [9.17, 15) is 0 Å². The molecule has 0 radical (unpaired) electrons. The van der Waals surface area contributed by atoms with Gasteiger partial charge in [0.15, 0.2) is 0 Å². The Balaban J connectivity index is 1.60. The van der Waals surface area contributed by atoms with E-state index in [2.05, 4.69) is 22.6 Å². The van der Waals surface area contributed by atoms with Gasteiger partial charge in [-0.2, -0.15) is 0 Å². The maximum absolute atomic E-state index is 5.65. The number of hydrogen-bond acceptors (Lipinski definition) is 4. The Bertz CT molecular complexity index is 496. The second kappa shape index (κ2) is 5.23. The summed E-state index contributed by atoms with van der Waals surface area (Å²) in [4.78, 5) is 0. The zero-order chi connectivity index (χ0) is 12.2. The minimum absolute atomic E-state index is 0.512. The first-order chi connectivity index (χ1) is 8.93. The van der Waals surface area contributed by atoms with Crippen molar-refractivity contribution >= 4 is 0 Å². The minimum Gasteiger partial charge on any atom is -0.493 e. The van der Waals surface area contributed by atoms with Crippen LogP contribution in [0.1, 0.15) is 23.7 Å². The number of fused-ring (bicyclic) bond motifs is 1. The van der Waals surface area contributed by atoms with E-state index in [0.29, 0.717) is 5.92 Å². The number of nitrogens with one attached hydrogen (secondary N) is 1. The molecule has 1 aliphatic rings. The lowest BCUT2D eigenvalue weighted by molar-refractivity contribution is 0.263. The summed E-state index contributed by atoms with van der Waals surface area (Å²) in [5, 5.41) is 7.10. The number of para-hydroxylation sites is 1. The molecule has 2 aromatic rings. The van der Waals surface area contributed by atoms with Crippen LogP contribution < -0.4 is 10.1 Å². The van der Waals surface area contributed by atoms with Gasteiger partial charge in [-0.3, -0.25) is 0 Å². The molecule has 0 spiro atoms. The molecule has 18 heavy (non-hydrogen) atoms. The number of hydrogen-bond donors (Lipinski definition) is 1. The van der Waals surface area contributed by atoms with Gasteiger partial charge >= 0.3 is 0 Å². The maximum atomic E-state index is 5.65. The van der Waals surface area contributed by atoms with E-state index in [-0.39, 0.29) is 0 Å². The fourth-order valence-corrected chi connectivity index (χ4v) is 2.33. The summed E-state index contributed by atoms with van der Waals surface area (Å²) in [5.74, 6) is 2.41. The van der Waals surface area contributed by atoms with Crippen LogP contribution in [0.4, 0.5) is 0 Å². The van der Waals surface area contributed by atoms with Crippen LogP contribution in [0.3, 0.4) is 0 Å². The fraction of sp³-hybridized carbons (Fsp3) is 0.357. The van der Waals surface area contributed by atoms with Crippen molar-refractivity contribution in [3.05, 3.63) is 47.9 Å². The molecule has 1 atom stereocenters. The highest BCUT2D eigenvalue weighted by Crippen LogP contribution is 2.32. The average molecular weight is 244 g/mol. The Morgan fingerprint density at radius 2 is 2.22 bits per heavy atom. The van der Waals surface area contributed by atoms with Crippen LogP contribution in [0.5, 0.6) is 5.75 Å². The lowest BCUT2D eigenvalue weighted by Gasteiger charge is -2.25. The zero-order valence-corrected chi connectivity index (χ0v) is 10.1. The Labute approximate surface area is 106 Å². The Hall–Kier alpha value is -1.81. The predicted molar refractivity (Wildman–Crippen MR) is 67.5 cm³/mol. The molecule has 1 unspecified atom stereocenters. The van der Waals surface area contributed by atoms with Crippen molar-refractivity contribution in [2.45, 2.75) is 18.9 Å². The second-order valence-electron chi connectivity index (χ2n) is 4.48. The number of ether oxygens (including phenoxy) is 1. The van der Waals surface area contributed by atoms with Crippen LogP contribution >= 0.6 is 0 Å². The summed E-state index contributed by atoms with van der Waals surface area (Å²) in [6.07, 6.45) is 2.72. The standard InChI is InChI=1S/C14H16N2O2/c1-2-4-14-13(3-1)11(6-8-17-14)9-15-10-12-5-7-16-18-12/h1-5,7,11,15H,6,8-10H2. The molecule has 3 rings (SSSR count). The third-order valence-electron chi connectivity index (χ3n) is 3.26. The molecule has 0 saturated carbocycles. The van der Waals surface area contributed by atoms with Gasteiger partial charge in [0.2, 0.25) is 0 Å². The molecule has 94 valence electrons. The van der Waals surface area contributed by atoms with Gasteiger partial charge in [0.1, 0.15) is 11.5 Å². The van der Waals surface area contributed by atoms with Crippen LogP contribution in [0.2, 0.25) is 0 Å². The molecule has 1 N–H and O–H groups in total. The summed E-state index contributed by atoms with van der Waals surface area (Å²) in [5.41, 5.74) is 1.30. The first-order valence-electron chi connectivity index (χ1n) is 6.25. The van der Waals surface area contributed by atoms with Gasteiger partial charge in [0, 0.05) is 18.5 Å². The molecule has 1 aromatic carbocycles. The Morgan fingerprint density at radius 1 is 1.28 bits per heavy atom. The summed E-state index contributed by atoms with van der Waals surface area (Å²) >= 11 is 0. The number of rotatable bonds is 4. The highest BCUT2D eigenvalue weighted by molar-refractivity contribution is 5.37. The topological polar surface area (TPSA) is 47.3 Å². The molecule has 1 aromatic heterocycles. The Morgan fingerprint density at radius 3 is 3.11 bits per heavy atom. The van der Waals surface area contributed by atoms with Crippen molar-refractivity contribution in [1.29, 1.82) is 0 Å². The van der Waals surface area contributed by atoms with Gasteiger partial charge in [0.05, 0.1) is 19.3 Å². The molecule has 2 heterocycles. The van der Waals surface area contributed by atoms with Gasteiger partial charge in [0.25, 0.3) is 0 Å². The van der Waals surface area contributed by atoms with E-state index < -0.39 is 0 Å². The maximum Gasteiger partial charge on any atom is 0.150 e. The van der Waals surface area contributed by atoms with Gasteiger partial charge in [-0.25, -0.2) is 0 Å². The van der Waals surface area contributed by atoms with E-state index in [4.69, 9.17) is 9.26 Å². The van der Waals surface area contributed by atoms with E-state index in [0.717, 1.165) is 37.6 Å². The smallest absolute Gasteiger partial charge is 0.150 e. The van der Waals surface area contributed by atoms with Crippen LogP contribution in [0.15, 0.2) is 41.1 Å². The molecule has 0 aliphatic carbocycles. The van der Waals surface area contributed by atoms with E-state index in [1.807, 2.05) is 18.2 Å². The lowest BCUT2D eigenvalue weighted by Crippen LogP contribution is -2.25. The summed E-state index contributed by atoms with van der Waals surface area (Å²) < 4.78 is 10.7. The molecule has 0 bridgehead atoms. The fourth-order valence-electron chi connectivity index (χ4n) is 2.33. The van der Waals surface area contributed by atoms with E-state index >= 15 is 0 Å². The summed E-state index contributed by atoms with van der Waals surface area (Å²) in [7, 11) is 0. The molecule has 4 heteroatoms. The van der Waals surface area contributed by atoms with Gasteiger partial charge < -0.3 is 14.6 Å². The number of aromatic nitrogens is 1. The van der Waals surface area contributed by atoms with E-state index in [1.165, 1.54) is 5.56 Å². The molecule has 0 saturated heterocycles. The highest BCUT2D eigenvalue weighted by Gasteiger charge is 2.20. The normalized spacial score (nSPS) is 18.1. The van der Waals surface area contributed by atoms with E-state index in [1.54, 1.807) is 6.20 Å². The van der Waals surface area contributed by atoms with Crippen LogP contribution in [0.25, 0.3) is 0 Å². The van der Waals surface area contributed by atoms with Gasteiger partial charge in [-0.1, -0.05) is 23.4 Å². The summed E-state index contributed by atoms with van der Waals surface area (Å²) in [6, 6.07) is 10.2. The van der Waals surface area contributed by atoms with Crippen LogP contribution in [0, 0.1) is 0 Å². The van der Waals surface area contributed by atoms with Crippen molar-refractivity contribution < 1.29 is 9.26 Å².